The zero-order chi connectivity index (χ0) is 17.1. The number of anilines is 2. The lowest BCUT2D eigenvalue weighted by atomic mass is 10.1. The molecular formula is C14H19ClFN5O3. The van der Waals surface area contributed by atoms with Crippen LogP contribution in [0.2, 0.25) is 0 Å². The molecule has 3 rings (SSSR count). The molecule has 2 N–H and O–H groups in total. The van der Waals surface area contributed by atoms with Gasteiger partial charge in [0.2, 0.25) is 0 Å². The number of carbonyl (C=O) groups is 1. The van der Waals surface area contributed by atoms with Gasteiger partial charge in [-0.3, -0.25) is 0 Å². The molecule has 3 atom stereocenters. The van der Waals surface area contributed by atoms with E-state index in [0.717, 1.165) is 12.8 Å². The Morgan fingerprint density at radius 2 is 2.29 bits per heavy atom. The van der Waals surface area contributed by atoms with Crippen LogP contribution in [0.25, 0.3) is 0 Å². The SMILES string of the molecule is O=C(O)N1CCCC(Nc2cc(N3CC(Cl)OCC3F)ncn2)C1. The number of halogens is 2. The predicted molar refractivity (Wildman–Crippen MR) is 86.1 cm³/mol. The zero-order valence-corrected chi connectivity index (χ0v) is 13.7. The summed E-state index contributed by atoms with van der Waals surface area (Å²) >= 11 is 5.92. The van der Waals surface area contributed by atoms with Gasteiger partial charge in [0.05, 0.1) is 13.2 Å². The number of nitrogens with one attached hydrogen (secondary N) is 1. The molecule has 10 heteroatoms. The lowest BCUT2D eigenvalue weighted by Gasteiger charge is -2.34. The van der Waals surface area contributed by atoms with Crippen LogP contribution >= 0.6 is 11.6 Å². The Hall–Kier alpha value is -1.87. The van der Waals surface area contributed by atoms with Crippen LogP contribution in [0.5, 0.6) is 0 Å². The topological polar surface area (TPSA) is 90.8 Å². The van der Waals surface area contributed by atoms with Crippen molar-refractivity contribution in [1.82, 2.24) is 14.9 Å². The highest BCUT2D eigenvalue weighted by atomic mass is 35.5. The van der Waals surface area contributed by atoms with Crippen molar-refractivity contribution in [1.29, 1.82) is 0 Å². The van der Waals surface area contributed by atoms with Crippen LogP contribution in [0, 0.1) is 0 Å². The van der Waals surface area contributed by atoms with E-state index in [1.807, 2.05) is 0 Å². The van der Waals surface area contributed by atoms with E-state index in [4.69, 9.17) is 21.4 Å². The smallest absolute Gasteiger partial charge is 0.407 e. The van der Waals surface area contributed by atoms with Gasteiger partial charge in [-0.1, -0.05) is 11.6 Å². The van der Waals surface area contributed by atoms with Crippen LogP contribution in [-0.4, -0.2) is 70.2 Å². The molecule has 0 radical (unpaired) electrons. The van der Waals surface area contributed by atoms with Gasteiger partial charge in [-0.25, -0.2) is 19.2 Å². The van der Waals surface area contributed by atoms with Crippen molar-refractivity contribution < 1.29 is 19.0 Å². The summed E-state index contributed by atoms with van der Waals surface area (Å²) in [6.07, 6.45) is 0.731. The minimum atomic E-state index is -1.32. The van der Waals surface area contributed by atoms with Gasteiger partial charge in [0.25, 0.3) is 0 Å². The Bertz CT molecular complexity index is 595. The third-order valence-electron chi connectivity index (χ3n) is 4.08. The molecule has 24 heavy (non-hydrogen) atoms. The summed E-state index contributed by atoms with van der Waals surface area (Å²) in [5.74, 6) is 0.946. The third kappa shape index (κ3) is 3.96. The number of hydrogen-bond donors (Lipinski definition) is 2. The number of piperidine rings is 1. The summed E-state index contributed by atoms with van der Waals surface area (Å²) in [5, 5.41) is 12.3. The number of morpholine rings is 1. The highest BCUT2D eigenvalue weighted by molar-refractivity contribution is 6.20. The van der Waals surface area contributed by atoms with Gasteiger partial charge in [-0.15, -0.1) is 0 Å². The van der Waals surface area contributed by atoms with Crippen LogP contribution in [0.3, 0.4) is 0 Å². The van der Waals surface area contributed by atoms with Gasteiger partial charge in [-0.05, 0) is 12.8 Å². The van der Waals surface area contributed by atoms with E-state index in [1.54, 1.807) is 6.07 Å². The van der Waals surface area contributed by atoms with Crippen LogP contribution in [0.4, 0.5) is 20.8 Å². The van der Waals surface area contributed by atoms with E-state index in [2.05, 4.69) is 15.3 Å². The summed E-state index contributed by atoms with van der Waals surface area (Å²) in [6, 6.07) is 1.60. The first kappa shape index (κ1) is 17.0. The Balaban J connectivity index is 1.68. The summed E-state index contributed by atoms with van der Waals surface area (Å²) < 4.78 is 19.1. The quantitative estimate of drug-likeness (QED) is 0.627. The fourth-order valence-corrected chi connectivity index (χ4v) is 3.11. The summed E-state index contributed by atoms with van der Waals surface area (Å²) in [6.45, 7) is 1.01. The van der Waals surface area contributed by atoms with Crippen molar-refractivity contribution >= 4 is 29.3 Å². The number of amides is 1. The van der Waals surface area contributed by atoms with E-state index in [-0.39, 0.29) is 19.2 Å². The Labute approximate surface area is 143 Å². The van der Waals surface area contributed by atoms with Gasteiger partial charge in [0, 0.05) is 25.2 Å². The lowest BCUT2D eigenvalue weighted by Crippen LogP contribution is -2.46. The van der Waals surface area contributed by atoms with E-state index >= 15 is 0 Å². The molecule has 0 aromatic carbocycles. The molecule has 132 valence electrons. The summed E-state index contributed by atoms with van der Waals surface area (Å²) in [7, 11) is 0. The molecule has 8 nitrogen and oxygen atoms in total. The molecule has 1 amide bonds. The molecule has 0 aliphatic carbocycles. The number of ether oxygens (including phenoxy) is 1. The van der Waals surface area contributed by atoms with Crippen LogP contribution in [0.1, 0.15) is 12.8 Å². The van der Waals surface area contributed by atoms with E-state index < -0.39 is 18.0 Å². The van der Waals surface area contributed by atoms with E-state index in [0.29, 0.717) is 24.7 Å². The molecule has 0 bridgehead atoms. The van der Waals surface area contributed by atoms with Crippen molar-refractivity contribution in [3.05, 3.63) is 12.4 Å². The largest absolute Gasteiger partial charge is 0.465 e. The number of nitrogens with zero attached hydrogens (tertiary/aromatic N) is 4. The maximum atomic E-state index is 14.0. The van der Waals surface area contributed by atoms with Crippen molar-refractivity contribution in [2.45, 2.75) is 30.7 Å². The molecule has 1 aromatic heterocycles. The monoisotopic (exact) mass is 359 g/mol. The van der Waals surface area contributed by atoms with E-state index in [9.17, 15) is 9.18 Å². The second-order valence-electron chi connectivity index (χ2n) is 5.80. The molecule has 2 aliphatic heterocycles. The van der Waals surface area contributed by atoms with E-state index in [1.165, 1.54) is 16.1 Å². The second-order valence-corrected chi connectivity index (χ2v) is 6.29. The molecule has 0 saturated carbocycles. The van der Waals surface area contributed by atoms with Crippen LogP contribution in [-0.2, 0) is 4.74 Å². The Morgan fingerprint density at radius 1 is 1.46 bits per heavy atom. The number of alkyl halides is 2. The van der Waals surface area contributed by atoms with Gasteiger partial charge >= 0.3 is 6.09 Å². The number of rotatable bonds is 3. The van der Waals surface area contributed by atoms with Crippen molar-refractivity contribution in [3.63, 3.8) is 0 Å². The minimum absolute atomic E-state index is 0.0377. The highest BCUT2D eigenvalue weighted by Gasteiger charge is 2.29. The van der Waals surface area contributed by atoms with Crippen molar-refractivity contribution in [2.24, 2.45) is 0 Å². The highest BCUT2D eigenvalue weighted by Crippen LogP contribution is 2.24. The number of carboxylic acid groups (broad SMARTS) is 1. The number of aromatic nitrogens is 2. The molecule has 2 saturated heterocycles. The fourth-order valence-electron chi connectivity index (χ4n) is 2.89. The van der Waals surface area contributed by atoms with Crippen molar-refractivity contribution in [3.8, 4) is 0 Å². The predicted octanol–water partition coefficient (Wildman–Crippen LogP) is 1.73. The molecular weight excluding hydrogens is 341 g/mol. The normalized spacial score (nSPS) is 27.8. The van der Waals surface area contributed by atoms with Crippen molar-refractivity contribution in [2.75, 3.05) is 36.5 Å². The second kappa shape index (κ2) is 7.35. The van der Waals surface area contributed by atoms with Crippen LogP contribution in [0.15, 0.2) is 12.4 Å². The van der Waals surface area contributed by atoms with Crippen LogP contribution < -0.4 is 10.2 Å². The average molecular weight is 360 g/mol. The Kier molecular flexibility index (Phi) is 5.20. The molecule has 0 spiro atoms. The molecule has 3 unspecified atom stereocenters. The standard InChI is InChI=1S/C14H19ClFN5O3/c15-10-6-21(11(16)7-24-10)13-4-12(17-8-18-13)19-9-2-1-3-20(5-9)14(22)23/h4,8-11H,1-3,5-7H2,(H,22,23)(H,17,18,19). The lowest BCUT2D eigenvalue weighted by molar-refractivity contribution is 0.0276. The maximum Gasteiger partial charge on any atom is 0.407 e. The number of hydrogen-bond acceptors (Lipinski definition) is 6. The molecule has 3 heterocycles. The zero-order valence-electron chi connectivity index (χ0n) is 12.9. The van der Waals surface area contributed by atoms with Gasteiger partial charge < -0.3 is 25.0 Å². The first-order chi connectivity index (χ1) is 11.5. The first-order valence-corrected chi connectivity index (χ1v) is 8.19. The van der Waals surface area contributed by atoms with Gasteiger partial charge in [0.1, 0.15) is 23.5 Å². The third-order valence-corrected chi connectivity index (χ3v) is 4.35. The van der Waals surface area contributed by atoms with Gasteiger partial charge in [-0.2, -0.15) is 0 Å². The Morgan fingerprint density at radius 3 is 3.08 bits per heavy atom. The average Bonchev–Trinajstić information content (AvgIpc) is 2.57. The summed E-state index contributed by atoms with van der Waals surface area (Å²) in [4.78, 5) is 22.1. The minimum Gasteiger partial charge on any atom is -0.465 e. The fraction of sp³-hybridized carbons (Fsp3) is 0.643. The molecule has 1 aromatic rings. The first-order valence-electron chi connectivity index (χ1n) is 7.76. The summed E-state index contributed by atoms with van der Waals surface area (Å²) in [5.41, 5.74) is -0.592. The molecule has 2 fully saturated rings. The molecule has 2 aliphatic rings. The maximum absolute atomic E-state index is 14.0. The van der Waals surface area contributed by atoms with Gasteiger partial charge in [0.15, 0.2) is 6.30 Å². The number of likely N-dealkylation sites (tertiary alicyclic amines) is 1.